The maximum absolute atomic E-state index is 14.0. The largest absolute Gasteiger partial charge is 0.392 e. The van der Waals surface area contributed by atoms with Gasteiger partial charge in [0.15, 0.2) is 5.43 Å². The Morgan fingerprint density at radius 3 is 2.54 bits per heavy atom. The number of piperazine rings is 1. The van der Waals surface area contributed by atoms with Gasteiger partial charge in [0.2, 0.25) is 0 Å². The Morgan fingerprint density at radius 1 is 1.06 bits per heavy atom. The van der Waals surface area contributed by atoms with E-state index in [1.54, 1.807) is 6.07 Å². The number of nitrogens with one attached hydrogen (secondary N) is 1. The molecule has 0 radical (unpaired) electrons. The van der Waals surface area contributed by atoms with Crippen molar-refractivity contribution in [2.24, 2.45) is 0 Å². The molecule has 6 rings (SSSR count). The van der Waals surface area contributed by atoms with E-state index in [1.165, 1.54) is 19.3 Å². The second kappa shape index (κ2) is 8.71. The van der Waals surface area contributed by atoms with Gasteiger partial charge in [-0.05, 0) is 44.2 Å². The smallest absolute Gasteiger partial charge is 0.199 e. The number of pyridine rings is 1. The minimum atomic E-state index is -0.0993. The van der Waals surface area contributed by atoms with Gasteiger partial charge in [0.25, 0.3) is 0 Å². The van der Waals surface area contributed by atoms with Gasteiger partial charge in [-0.1, -0.05) is 25.3 Å². The summed E-state index contributed by atoms with van der Waals surface area (Å²) in [5, 5.41) is 21.9. The number of aliphatic hydroxyl groups excluding tert-OH is 1. The molecular weight excluding hydrogens is 438 g/mol. The minimum absolute atomic E-state index is 0.0161. The molecule has 180 valence electrons. The van der Waals surface area contributed by atoms with E-state index in [-0.39, 0.29) is 12.0 Å². The van der Waals surface area contributed by atoms with Crippen LogP contribution in [-0.2, 0) is 6.61 Å². The Hall–Kier alpha value is -3.34. The number of aromatic amines is 1. The molecule has 1 saturated carbocycles. The summed E-state index contributed by atoms with van der Waals surface area (Å²) >= 11 is 0. The molecule has 2 aromatic heterocycles. The van der Waals surface area contributed by atoms with Gasteiger partial charge in [-0.15, -0.1) is 0 Å². The number of fused-ring (bicyclic) bond motifs is 4. The van der Waals surface area contributed by atoms with E-state index in [2.05, 4.69) is 38.5 Å². The lowest BCUT2D eigenvalue weighted by Crippen LogP contribution is -2.44. The third-order valence-corrected chi connectivity index (χ3v) is 8.03. The van der Waals surface area contributed by atoms with Gasteiger partial charge in [0.1, 0.15) is 5.65 Å². The van der Waals surface area contributed by atoms with Crippen molar-refractivity contribution >= 4 is 38.5 Å². The van der Waals surface area contributed by atoms with Crippen molar-refractivity contribution in [3.63, 3.8) is 0 Å². The van der Waals surface area contributed by atoms with Crippen LogP contribution < -0.4 is 10.3 Å². The number of aromatic nitrogens is 2. The van der Waals surface area contributed by atoms with Gasteiger partial charge in [-0.25, -0.2) is 0 Å². The van der Waals surface area contributed by atoms with Crippen LogP contribution in [0.25, 0.3) is 32.8 Å². The van der Waals surface area contributed by atoms with Crippen LogP contribution >= 0.6 is 0 Å². The fourth-order valence-electron chi connectivity index (χ4n) is 6.11. The molecule has 7 heteroatoms. The molecule has 0 bridgehead atoms. The molecule has 0 spiro atoms. The van der Waals surface area contributed by atoms with Crippen LogP contribution in [0.3, 0.4) is 0 Å². The number of anilines is 1. The highest BCUT2D eigenvalue weighted by molar-refractivity contribution is 6.10. The lowest BCUT2D eigenvalue weighted by atomic mass is 9.94. The van der Waals surface area contributed by atoms with Crippen molar-refractivity contribution in [2.45, 2.75) is 44.8 Å². The van der Waals surface area contributed by atoms with Crippen LogP contribution in [0.1, 0.15) is 49.3 Å². The highest BCUT2D eigenvalue weighted by Gasteiger charge is 2.25. The molecule has 3 heterocycles. The van der Waals surface area contributed by atoms with Crippen LogP contribution in [0.4, 0.5) is 5.69 Å². The van der Waals surface area contributed by atoms with E-state index >= 15 is 0 Å². The summed E-state index contributed by atoms with van der Waals surface area (Å²) < 4.78 is 2.36. The summed E-state index contributed by atoms with van der Waals surface area (Å²) in [6, 6.07) is 12.1. The number of nitrogens with zero attached hydrogens (tertiary/aromatic N) is 4. The number of aliphatic hydroxyl groups is 1. The summed E-state index contributed by atoms with van der Waals surface area (Å²) in [4.78, 5) is 22.1. The van der Waals surface area contributed by atoms with E-state index in [1.807, 2.05) is 18.2 Å². The highest BCUT2D eigenvalue weighted by Crippen LogP contribution is 2.37. The average molecular weight is 470 g/mol. The van der Waals surface area contributed by atoms with Crippen LogP contribution in [0, 0.1) is 11.3 Å². The summed E-state index contributed by atoms with van der Waals surface area (Å²) in [5.41, 5.74) is 4.99. The third-order valence-electron chi connectivity index (χ3n) is 8.03. The fraction of sp³-hybridized carbons (Fsp3) is 0.429. The molecule has 2 aliphatic rings. The molecule has 2 N–H and O–H groups in total. The normalized spacial score (nSPS) is 18.0. The van der Waals surface area contributed by atoms with Crippen LogP contribution in [0.2, 0.25) is 0 Å². The summed E-state index contributed by atoms with van der Waals surface area (Å²) in [6.07, 6.45) is 5.77. The second-order valence-corrected chi connectivity index (χ2v) is 10.2. The van der Waals surface area contributed by atoms with E-state index in [0.717, 1.165) is 72.3 Å². The number of hydrogen-bond acceptors (Lipinski definition) is 5. The van der Waals surface area contributed by atoms with Gasteiger partial charge in [-0.3, -0.25) is 4.79 Å². The standard InChI is InChI=1S/C28H31N5O2/c1-31-9-11-32(12-10-31)24-15-25-22(14-19(24)17-34)27(35)26-21-8-7-18(16-29)13-23(21)30-28(26)33(25)20-5-3-2-4-6-20/h7-8,13-15,20,30,34H,2-6,9-12,17H2,1H3. The molecule has 0 atom stereocenters. The Kier molecular flexibility index (Phi) is 5.51. The first-order valence-electron chi connectivity index (χ1n) is 12.7. The Bertz CT molecular complexity index is 1530. The first-order valence-corrected chi connectivity index (χ1v) is 12.7. The first kappa shape index (κ1) is 22.1. The van der Waals surface area contributed by atoms with Crippen molar-refractivity contribution in [1.82, 2.24) is 14.5 Å². The van der Waals surface area contributed by atoms with Crippen molar-refractivity contribution in [1.29, 1.82) is 5.26 Å². The van der Waals surface area contributed by atoms with Gasteiger partial charge in [-0.2, -0.15) is 5.26 Å². The average Bonchev–Trinajstić information content (AvgIpc) is 3.27. The van der Waals surface area contributed by atoms with Gasteiger partial charge >= 0.3 is 0 Å². The minimum Gasteiger partial charge on any atom is -0.392 e. The Morgan fingerprint density at radius 2 is 1.83 bits per heavy atom. The zero-order valence-electron chi connectivity index (χ0n) is 20.2. The topological polar surface area (TPSA) is 88.3 Å². The van der Waals surface area contributed by atoms with E-state index in [0.29, 0.717) is 22.4 Å². The Balaban J connectivity index is 1.68. The van der Waals surface area contributed by atoms with Gasteiger partial charge in [0, 0.05) is 59.8 Å². The number of likely N-dealkylation sites (N-methyl/N-ethyl adjacent to an activating group) is 1. The fourth-order valence-corrected chi connectivity index (χ4v) is 6.11. The molecule has 4 aromatic rings. The van der Waals surface area contributed by atoms with Crippen LogP contribution in [-0.4, -0.2) is 52.8 Å². The van der Waals surface area contributed by atoms with Gasteiger partial charge in [0.05, 0.1) is 29.1 Å². The number of nitriles is 1. The number of H-pyrrole nitrogens is 1. The molecular formula is C28H31N5O2. The first-order chi connectivity index (χ1) is 17.1. The van der Waals surface area contributed by atoms with Crippen LogP contribution in [0.5, 0.6) is 0 Å². The Labute approximate surface area is 204 Å². The molecule has 1 aliphatic heterocycles. The maximum Gasteiger partial charge on any atom is 0.199 e. The van der Waals surface area contributed by atoms with E-state index < -0.39 is 0 Å². The highest BCUT2D eigenvalue weighted by atomic mass is 16.3. The SMILES string of the molecule is CN1CCN(c2cc3c(cc2CO)c(=O)c2c4ccc(C#N)cc4[nH]c2n3C2CCCCC2)CC1. The van der Waals surface area contributed by atoms with Crippen molar-refractivity contribution < 1.29 is 5.11 Å². The summed E-state index contributed by atoms with van der Waals surface area (Å²) in [6.45, 7) is 3.64. The molecule has 1 aliphatic carbocycles. The predicted molar refractivity (Wildman–Crippen MR) is 140 cm³/mol. The number of benzene rings is 2. The molecule has 2 aromatic carbocycles. The summed E-state index contributed by atoms with van der Waals surface area (Å²) in [5.74, 6) is 0. The van der Waals surface area contributed by atoms with E-state index in [4.69, 9.17) is 0 Å². The number of rotatable bonds is 3. The zero-order valence-corrected chi connectivity index (χ0v) is 20.2. The number of hydrogen-bond donors (Lipinski definition) is 2. The third kappa shape index (κ3) is 3.60. The summed E-state index contributed by atoms with van der Waals surface area (Å²) in [7, 11) is 2.13. The van der Waals surface area contributed by atoms with Crippen LogP contribution in [0.15, 0.2) is 35.1 Å². The molecule has 2 fully saturated rings. The van der Waals surface area contributed by atoms with Crippen molar-refractivity contribution in [2.75, 3.05) is 38.1 Å². The molecule has 0 amide bonds. The van der Waals surface area contributed by atoms with Crippen molar-refractivity contribution in [3.8, 4) is 6.07 Å². The second-order valence-electron chi connectivity index (χ2n) is 10.2. The zero-order chi connectivity index (χ0) is 24.1. The van der Waals surface area contributed by atoms with E-state index in [9.17, 15) is 15.2 Å². The molecule has 1 saturated heterocycles. The quantitative estimate of drug-likeness (QED) is 0.468. The lowest BCUT2D eigenvalue weighted by Gasteiger charge is -2.35. The molecule has 0 unspecified atom stereocenters. The monoisotopic (exact) mass is 469 g/mol. The maximum atomic E-state index is 14.0. The van der Waals surface area contributed by atoms with Crippen molar-refractivity contribution in [3.05, 3.63) is 51.7 Å². The molecule has 7 nitrogen and oxygen atoms in total. The lowest BCUT2D eigenvalue weighted by molar-refractivity contribution is 0.280. The predicted octanol–water partition coefficient (Wildman–Crippen LogP) is 4.26. The molecule has 35 heavy (non-hydrogen) atoms. The van der Waals surface area contributed by atoms with Gasteiger partial charge < -0.3 is 24.5 Å².